The van der Waals surface area contributed by atoms with E-state index in [1.807, 2.05) is 25.1 Å². The fraction of sp³-hybridized carbons (Fsp3) is 0.176. The fourth-order valence-electron chi connectivity index (χ4n) is 2.42. The van der Waals surface area contributed by atoms with Crippen LogP contribution in [-0.2, 0) is 11.3 Å². The Kier molecular flexibility index (Phi) is 4.80. The molecule has 0 saturated heterocycles. The Morgan fingerprint density at radius 2 is 1.92 bits per heavy atom. The first-order chi connectivity index (χ1) is 11.5. The normalized spacial score (nSPS) is 11.2. The van der Waals surface area contributed by atoms with Gasteiger partial charge in [0.25, 0.3) is 5.76 Å². The van der Waals surface area contributed by atoms with Crippen LogP contribution in [0, 0.1) is 6.92 Å². The molecule has 0 spiro atoms. The SMILES string of the molecule is Cc1ccccc1NC(=O)Cn1c(SC(F)F)nc2ccccc21. The maximum Gasteiger partial charge on any atom is 0.291 e. The van der Waals surface area contributed by atoms with Crippen LogP contribution in [0.4, 0.5) is 14.5 Å². The number of benzene rings is 2. The number of fused-ring (bicyclic) bond motifs is 1. The molecule has 0 saturated carbocycles. The molecule has 24 heavy (non-hydrogen) atoms. The molecule has 1 heterocycles. The molecule has 124 valence electrons. The molecule has 1 amide bonds. The van der Waals surface area contributed by atoms with Gasteiger partial charge in [0.05, 0.1) is 11.0 Å². The van der Waals surface area contributed by atoms with Crippen molar-refractivity contribution in [3.8, 4) is 0 Å². The number of imidazole rings is 1. The third-order valence-corrected chi connectivity index (χ3v) is 4.24. The lowest BCUT2D eigenvalue weighted by molar-refractivity contribution is -0.116. The Hall–Kier alpha value is -2.41. The zero-order valence-electron chi connectivity index (χ0n) is 12.9. The molecule has 0 atom stereocenters. The van der Waals surface area contributed by atoms with Crippen molar-refractivity contribution in [2.45, 2.75) is 24.4 Å². The second kappa shape index (κ2) is 7.00. The topological polar surface area (TPSA) is 46.9 Å². The number of thioether (sulfide) groups is 1. The molecule has 3 aromatic rings. The summed E-state index contributed by atoms with van der Waals surface area (Å²) in [5.74, 6) is -2.89. The van der Waals surface area contributed by atoms with E-state index in [1.165, 1.54) is 4.57 Å². The Morgan fingerprint density at radius 1 is 1.21 bits per heavy atom. The Balaban J connectivity index is 1.88. The van der Waals surface area contributed by atoms with Crippen LogP contribution in [0.2, 0.25) is 0 Å². The van der Waals surface area contributed by atoms with Gasteiger partial charge in [-0.15, -0.1) is 0 Å². The van der Waals surface area contributed by atoms with E-state index in [9.17, 15) is 13.6 Å². The quantitative estimate of drug-likeness (QED) is 0.700. The maximum atomic E-state index is 12.8. The number of carbonyl (C=O) groups is 1. The van der Waals surface area contributed by atoms with Crippen molar-refractivity contribution in [1.29, 1.82) is 0 Å². The Bertz CT molecular complexity index is 879. The summed E-state index contributed by atoms with van der Waals surface area (Å²) in [7, 11) is 0. The van der Waals surface area contributed by atoms with E-state index in [2.05, 4.69) is 10.3 Å². The van der Waals surface area contributed by atoms with Crippen LogP contribution in [0.25, 0.3) is 11.0 Å². The number of anilines is 1. The minimum atomic E-state index is -2.60. The van der Waals surface area contributed by atoms with E-state index in [-0.39, 0.29) is 17.6 Å². The summed E-state index contributed by atoms with van der Waals surface area (Å²) in [5, 5.41) is 2.94. The van der Waals surface area contributed by atoms with Gasteiger partial charge < -0.3 is 9.88 Å². The maximum absolute atomic E-state index is 12.8. The number of amides is 1. The highest BCUT2D eigenvalue weighted by Crippen LogP contribution is 2.28. The summed E-state index contributed by atoms with van der Waals surface area (Å²) in [6.45, 7) is 1.81. The number of aryl methyl sites for hydroxylation is 1. The van der Waals surface area contributed by atoms with Gasteiger partial charge in [-0.1, -0.05) is 30.3 Å². The molecule has 1 N–H and O–H groups in total. The number of alkyl halides is 2. The molecule has 0 aliphatic rings. The van der Waals surface area contributed by atoms with Gasteiger partial charge in [0.1, 0.15) is 6.54 Å². The number of hydrogen-bond donors (Lipinski definition) is 1. The van der Waals surface area contributed by atoms with Crippen LogP contribution in [0.5, 0.6) is 0 Å². The minimum absolute atomic E-state index is 0.0795. The van der Waals surface area contributed by atoms with Gasteiger partial charge in [-0.25, -0.2) is 4.98 Å². The molecular formula is C17H15F2N3OS. The van der Waals surface area contributed by atoms with Crippen molar-refractivity contribution < 1.29 is 13.6 Å². The van der Waals surface area contributed by atoms with E-state index in [1.54, 1.807) is 30.3 Å². The predicted molar refractivity (Wildman–Crippen MR) is 91.4 cm³/mol. The third kappa shape index (κ3) is 3.56. The lowest BCUT2D eigenvalue weighted by Crippen LogP contribution is -2.19. The standard InChI is InChI=1S/C17H15F2N3OS/c1-11-6-2-3-7-12(11)20-15(23)10-22-14-9-5-4-8-13(14)21-17(22)24-16(18)19/h2-9,16H,10H2,1H3,(H,20,23). The molecule has 0 bridgehead atoms. The molecule has 0 aliphatic heterocycles. The molecule has 3 rings (SSSR count). The molecule has 0 aliphatic carbocycles. The van der Waals surface area contributed by atoms with Gasteiger partial charge >= 0.3 is 0 Å². The number of aromatic nitrogens is 2. The van der Waals surface area contributed by atoms with Crippen LogP contribution >= 0.6 is 11.8 Å². The summed E-state index contributed by atoms with van der Waals surface area (Å²) in [4.78, 5) is 16.6. The zero-order valence-corrected chi connectivity index (χ0v) is 13.7. The number of para-hydroxylation sites is 3. The highest BCUT2D eigenvalue weighted by Gasteiger charge is 2.18. The van der Waals surface area contributed by atoms with Crippen LogP contribution in [-0.4, -0.2) is 21.2 Å². The first kappa shape index (κ1) is 16.4. The van der Waals surface area contributed by atoms with Crippen LogP contribution in [0.15, 0.2) is 53.7 Å². The Labute approximate surface area is 141 Å². The number of nitrogens with zero attached hydrogens (tertiary/aromatic N) is 2. The van der Waals surface area contributed by atoms with E-state index in [0.717, 1.165) is 5.56 Å². The number of rotatable bonds is 5. The summed E-state index contributed by atoms with van der Waals surface area (Å²) in [5.41, 5.74) is 2.88. The Morgan fingerprint density at radius 3 is 2.67 bits per heavy atom. The summed E-state index contributed by atoms with van der Waals surface area (Å²) in [6, 6.07) is 14.5. The number of hydrogen-bond acceptors (Lipinski definition) is 3. The molecule has 2 aromatic carbocycles. The van der Waals surface area contributed by atoms with Crippen molar-refractivity contribution in [3.05, 3.63) is 54.1 Å². The van der Waals surface area contributed by atoms with Gasteiger partial charge in [0, 0.05) is 5.69 Å². The van der Waals surface area contributed by atoms with Gasteiger partial charge in [-0.3, -0.25) is 4.79 Å². The van der Waals surface area contributed by atoms with E-state index < -0.39 is 5.76 Å². The first-order valence-electron chi connectivity index (χ1n) is 7.30. The van der Waals surface area contributed by atoms with Gasteiger partial charge in [-0.05, 0) is 42.4 Å². The molecule has 0 radical (unpaired) electrons. The fourth-order valence-corrected chi connectivity index (χ4v) is 3.02. The molecule has 1 aromatic heterocycles. The second-order valence-corrected chi connectivity index (χ2v) is 6.17. The number of carbonyl (C=O) groups excluding carboxylic acids is 1. The number of nitrogens with one attached hydrogen (secondary N) is 1. The van der Waals surface area contributed by atoms with Gasteiger partial charge in [0.15, 0.2) is 5.16 Å². The molecule has 4 nitrogen and oxygen atoms in total. The highest BCUT2D eigenvalue weighted by atomic mass is 32.2. The summed E-state index contributed by atoms with van der Waals surface area (Å²) < 4.78 is 27.1. The van der Waals surface area contributed by atoms with Gasteiger partial charge in [0.2, 0.25) is 5.91 Å². The highest BCUT2D eigenvalue weighted by molar-refractivity contribution is 7.99. The van der Waals surface area contributed by atoms with Crippen LogP contribution in [0.1, 0.15) is 5.56 Å². The average molecular weight is 347 g/mol. The third-order valence-electron chi connectivity index (χ3n) is 3.53. The van der Waals surface area contributed by atoms with Crippen LogP contribution in [0.3, 0.4) is 0 Å². The van der Waals surface area contributed by atoms with Crippen LogP contribution < -0.4 is 5.32 Å². The van der Waals surface area contributed by atoms with E-state index in [4.69, 9.17) is 0 Å². The molecule has 7 heteroatoms. The van der Waals surface area contributed by atoms with Crippen molar-refractivity contribution in [1.82, 2.24) is 9.55 Å². The smallest absolute Gasteiger partial charge is 0.291 e. The van der Waals surface area contributed by atoms with E-state index >= 15 is 0 Å². The summed E-state index contributed by atoms with van der Waals surface area (Å²) in [6.07, 6.45) is 0. The first-order valence-corrected chi connectivity index (χ1v) is 8.18. The summed E-state index contributed by atoms with van der Waals surface area (Å²) >= 11 is 0.341. The van der Waals surface area contributed by atoms with Crippen molar-refractivity contribution in [3.63, 3.8) is 0 Å². The average Bonchev–Trinajstić information content (AvgIpc) is 2.86. The van der Waals surface area contributed by atoms with Crippen molar-refractivity contribution in [2.24, 2.45) is 0 Å². The largest absolute Gasteiger partial charge is 0.324 e. The zero-order chi connectivity index (χ0) is 17.1. The molecule has 0 fully saturated rings. The monoisotopic (exact) mass is 347 g/mol. The lowest BCUT2D eigenvalue weighted by atomic mass is 10.2. The second-order valence-electron chi connectivity index (χ2n) is 5.21. The lowest BCUT2D eigenvalue weighted by Gasteiger charge is -2.11. The van der Waals surface area contributed by atoms with Crippen molar-refractivity contribution in [2.75, 3.05) is 5.32 Å². The number of halogens is 2. The molecule has 0 unspecified atom stereocenters. The van der Waals surface area contributed by atoms with E-state index in [0.29, 0.717) is 28.5 Å². The predicted octanol–water partition coefficient (Wildman–Crippen LogP) is 4.30. The molecular weight excluding hydrogens is 332 g/mol. The minimum Gasteiger partial charge on any atom is -0.324 e. The van der Waals surface area contributed by atoms with Gasteiger partial charge in [-0.2, -0.15) is 8.78 Å². The van der Waals surface area contributed by atoms with Crippen molar-refractivity contribution >= 4 is 34.4 Å².